The number of hydrogen-bond acceptors (Lipinski definition) is 4. The maximum atomic E-state index is 2.49. The number of benzene rings is 1. The number of fused-ring (bicyclic) bond motifs is 2. The fraction of sp³-hybridized carbons (Fsp3) is 0.722. The summed E-state index contributed by atoms with van der Waals surface area (Å²) in [6.07, 6.45) is 28.3. The van der Waals surface area contributed by atoms with E-state index in [0.717, 1.165) is 0 Å². The normalized spacial score (nSPS) is 11.9. The molecule has 0 aliphatic heterocycles. The van der Waals surface area contributed by atoms with Crippen molar-refractivity contribution in [3.63, 3.8) is 0 Å². The Bertz CT molecular complexity index is 937. The van der Waals surface area contributed by atoms with Crippen LogP contribution < -0.4 is 0 Å². The van der Waals surface area contributed by atoms with E-state index in [0.29, 0.717) is 0 Å². The lowest BCUT2D eigenvalue weighted by molar-refractivity contribution is 0.563. The lowest BCUT2D eigenvalue weighted by Gasteiger charge is -2.11. The van der Waals surface area contributed by atoms with E-state index in [1.807, 2.05) is 22.7 Å². The number of unbranched alkanes of at least 4 members (excludes halogenated alkanes) is 18. The van der Waals surface area contributed by atoms with Gasteiger partial charge >= 0.3 is 0 Å². The second-order valence-electron chi connectivity index (χ2n) is 11.9. The molecule has 0 unspecified atom stereocenters. The van der Waals surface area contributed by atoms with E-state index >= 15 is 0 Å². The highest BCUT2D eigenvalue weighted by atomic mass is 32.2. The van der Waals surface area contributed by atoms with Gasteiger partial charge in [0.25, 0.3) is 0 Å². The Balaban J connectivity index is 1.47. The standard InChI is InChI=1S/C36H58S4/c1-5-7-9-11-13-15-17-19-21-23-25-37-33-31-27-29(3)40-36(31)34(32-28-30(4)39-35(32)33)38-26-24-22-20-18-16-14-12-10-8-6-2/h27-28H,5-26H2,1-4H3. The molecule has 0 saturated heterocycles. The van der Waals surface area contributed by atoms with E-state index in [-0.39, 0.29) is 0 Å². The predicted molar refractivity (Wildman–Crippen MR) is 192 cm³/mol. The number of thioether (sulfide) groups is 2. The van der Waals surface area contributed by atoms with Crippen LogP contribution in [0.5, 0.6) is 0 Å². The summed E-state index contributed by atoms with van der Waals surface area (Å²) in [6.45, 7) is 9.22. The molecular weight excluding hydrogens is 561 g/mol. The van der Waals surface area contributed by atoms with Crippen molar-refractivity contribution in [2.24, 2.45) is 0 Å². The highest BCUT2D eigenvalue weighted by Gasteiger charge is 2.19. The quantitative estimate of drug-likeness (QED) is 0.0723. The van der Waals surface area contributed by atoms with E-state index in [2.05, 4.69) is 63.4 Å². The van der Waals surface area contributed by atoms with Gasteiger partial charge in [-0.3, -0.25) is 0 Å². The van der Waals surface area contributed by atoms with Crippen molar-refractivity contribution in [2.45, 2.75) is 166 Å². The van der Waals surface area contributed by atoms with Gasteiger partial charge < -0.3 is 0 Å². The molecule has 0 N–H and O–H groups in total. The molecule has 1 aromatic carbocycles. The van der Waals surface area contributed by atoms with E-state index in [1.165, 1.54) is 150 Å². The van der Waals surface area contributed by atoms with Crippen LogP contribution >= 0.6 is 46.2 Å². The largest absolute Gasteiger partial charge is 0.139 e. The minimum atomic E-state index is 1.26. The van der Waals surface area contributed by atoms with Gasteiger partial charge in [-0.1, -0.05) is 129 Å². The molecule has 0 bridgehead atoms. The van der Waals surface area contributed by atoms with Crippen LogP contribution in [0.2, 0.25) is 0 Å². The van der Waals surface area contributed by atoms with Crippen molar-refractivity contribution in [3.05, 3.63) is 21.9 Å². The van der Waals surface area contributed by atoms with Gasteiger partial charge in [0, 0.05) is 39.7 Å². The van der Waals surface area contributed by atoms with Crippen LogP contribution in [0.3, 0.4) is 0 Å². The molecule has 0 saturated carbocycles. The van der Waals surface area contributed by atoms with Gasteiger partial charge in [-0.2, -0.15) is 0 Å². The summed E-state index contributed by atoms with van der Waals surface area (Å²) in [5.41, 5.74) is 0. The molecule has 40 heavy (non-hydrogen) atoms. The molecular formula is C36H58S4. The summed E-state index contributed by atoms with van der Waals surface area (Å²) >= 11 is 8.35. The van der Waals surface area contributed by atoms with E-state index in [4.69, 9.17) is 0 Å². The van der Waals surface area contributed by atoms with Crippen molar-refractivity contribution < 1.29 is 0 Å². The number of aryl methyl sites for hydroxylation is 2. The maximum absolute atomic E-state index is 2.49. The van der Waals surface area contributed by atoms with Gasteiger partial charge in [-0.25, -0.2) is 0 Å². The van der Waals surface area contributed by atoms with Gasteiger partial charge in [0.1, 0.15) is 0 Å². The first kappa shape index (κ1) is 34.3. The number of thiophene rings is 2. The smallest absolute Gasteiger partial charge is 0.0499 e. The minimum Gasteiger partial charge on any atom is -0.139 e. The third-order valence-electron chi connectivity index (χ3n) is 8.10. The zero-order chi connectivity index (χ0) is 28.4. The third kappa shape index (κ3) is 11.8. The summed E-state index contributed by atoms with van der Waals surface area (Å²) < 4.78 is 3.12. The predicted octanol–water partition coefficient (Wildman–Crippen LogP) is 14.8. The Labute approximate surface area is 264 Å². The zero-order valence-electron chi connectivity index (χ0n) is 26.3. The Morgan fingerprint density at radius 2 is 0.750 bits per heavy atom. The van der Waals surface area contributed by atoms with Gasteiger partial charge in [0.15, 0.2) is 0 Å². The molecule has 3 aromatic rings. The van der Waals surface area contributed by atoms with E-state index in [1.54, 1.807) is 30.0 Å². The average Bonchev–Trinajstić information content (AvgIpc) is 3.52. The number of rotatable bonds is 24. The van der Waals surface area contributed by atoms with Crippen LogP contribution in [-0.4, -0.2) is 11.5 Å². The molecule has 0 aliphatic rings. The minimum absolute atomic E-state index is 1.26. The maximum Gasteiger partial charge on any atom is 0.0499 e. The SMILES string of the molecule is CCCCCCCCCCCCSc1c2cc(C)sc2c(SCCCCCCCCCCCC)c2cc(C)sc12. The Morgan fingerprint density at radius 3 is 1.07 bits per heavy atom. The lowest BCUT2D eigenvalue weighted by Crippen LogP contribution is -1.87. The van der Waals surface area contributed by atoms with Crippen LogP contribution in [0, 0.1) is 13.8 Å². The summed E-state index contributed by atoms with van der Waals surface area (Å²) in [4.78, 5) is 6.08. The van der Waals surface area contributed by atoms with Gasteiger partial charge in [0.2, 0.25) is 0 Å². The van der Waals surface area contributed by atoms with Crippen molar-refractivity contribution >= 4 is 66.4 Å². The summed E-state index contributed by atoms with van der Waals surface area (Å²) in [7, 11) is 0. The lowest BCUT2D eigenvalue weighted by atomic mass is 10.1. The first-order valence-corrected chi connectivity index (χ1v) is 20.5. The average molecular weight is 619 g/mol. The Hall–Kier alpha value is -0.160. The highest BCUT2D eigenvalue weighted by molar-refractivity contribution is 8.00. The Kier molecular flexibility index (Phi) is 17.8. The molecule has 226 valence electrons. The molecule has 0 spiro atoms. The van der Waals surface area contributed by atoms with Crippen LogP contribution in [0.1, 0.15) is 152 Å². The second kappa shape index (κ2) is 20.7. The van der Waals surface area contributed by atoms with Crippen LogP contribution in [0.4, 0.5) is 0 Å². The fourth-order valence-electron chi connectivity index (χ4n) is 5.76. The summed E-state index contributed by atoms with van der Waals surface area (Å²) in [5.74, 6) is 2.52. The zero-order valence-corrected chi connectivity index (χ0v) is 29.6. The topological polar surface area (TPSA) is 0 Å². The van der Waals surface area contributed by atoms with Crippen LogP contribution in [-0.2, 0) is 0 Å². The molecule has 3 rings (SSSR count). The molecule has 0 atom stereocenters. The third-order valence-corrected chi connectivity index (χ3v) is 12.9. The molecule has 0 amide bonds. The molecule has 0 aliphatic carbocycles. The van der Waals surface area contributed by atoms with E-state index in [9.17, 15) is 0 Å². The Morgan fingerprint density at radius 1 is 0.450 bits per heavy atom. The van der Waals surface area contributed by atoms with Gasteiger partial charge in [-0.05, 0) is 50.3 Å². The molecule has 2 aromatic heterocycles. The molecule has 2 heterocycles. The first-order valence-electron chi connectivity index (χ1n) is 16.9. The molecule has 0 fully saturated rings. The summed E-state index contributed by atoms with van der Waals surface area (Å²) in [5, 5.41) is 3.08. The fourth-order valence-corrected chi connectivity index (χ4v) is 10.7. The highest BCUT2D eigenvalue weighted by Crippen LogP contribution is 2.49. The molecule has 0 nitrogen and oxygen atoms in total. The molecule has 4 heteroatoms. The molecule has 0 radical (unpaired) electrons. The summed E-state index contributed by atoms with van der Waals surface area (Å²) in [6, 6.07) is 4.97. The van der Waals surface area contributed by atoms with Crippen molar-refractivity contribution in [2.75, 3.05) is 11.5 Å². The van der Waals surface area contributed by atoms with Crippen molar-refractivity contribution in [3.8, 4) is 0 Å². The number of hydrogen-bond donors (Lipinski definition) is 0. The van der Waals surface area contributed by atoms with Crippen LogP contribution in [0.15, 0.2) is 21.9 Å². The van der Waals surface area contributed by atoms with Gasteiger partial charge in [0.05, 0.1) is 0 Å². The van der Waals surface area contributed by atoms with Crippen molar-refractivity contribution in [1.82, 2.24) is 0 Å². The monoisotopic (exact) mass is 618 g/mol. The first-order chi connectivity index (χ1) is 19.7. The van der Waals surface area contributed by atoms with E-state index < -0.39 is 0 Å². The van der Waals surface area contributed by atoms with Gasteiger partial charge in [-0.15, -0.1) is 46.2 Å². The second-order valence-corrected chi connectivity index (χ2v) is 16.6. The van der Waals surface area contributed by atoms with Crippen LogP contribution in [0.25, 0.3) is 20.2 Å². The van der Waals surface area contributed by atoms with Crippen molar-refractivity contribution in [1.29, 1.82) is 0 Å².